The lowest BCUT2D eigenvalue weighted by Gasteiger charge is -2.06. The average Bonchev–Trinajstić information content (AvgIpc) is 2.23. The van der Waals surface area contributed by atoms with Crippen LogP contribution in [0.1, 0.15) is 6.42 Å². The lowest BCUT2D eigenvalue weighted by atomic mass is 10.3. The molecule has 0 spiro atoms. The fourth-order valence-corrected chi connectivity index (χ4v) is 2.42. The summed E-state index contributed by atoms with van der Waals surface area (Å²) >= 11 is 13.1. The molecule has 0 aliphatic carbocycles. The zero-order valence-corrected chi connectivity index (χ0v) is 11.4. The zero-order valence-electron chi connectivity index (χ0n) is 9.08. The molecule has 0 aromatic heterocycles. The van der Waals surface area contributed by atoms with E-state index in [1.807, 2.05) is 0 Å². The summed E-state index contributed by atoms with van der Waals surface area (Å²) in [4.78, 5) is 11.5. The van der Waals surface area contributed by atoms with Crippen LogP contribution >= 0.6 is 35.0 Å². The lowest BCUT2D eigenvalue weighted by molar-refractivity contribution is -0.113. The number of hydrogen-bond donors (Lipinski definition) is 2. The molecule has 1 amide bonds. The molecule has 94 valence electrons. The highest BCUT2D eigenvalue weighted by Gasteiger charge is 2.04. The van der Waals surface area contributed by atoms with Crippen LogP contribution in [0.2, 0.25) is 10.0 Å². The molecule has 0 saturated carbocycles. The summed E-state index contributed by atoms with van der Waals surface area (Å²) in [6.45, 7) is 0.151. The number of carbonyl (C=O) groups is 1. The second-order valence-corrected chi connectivity index (χ2v) is 5.31. The molecule has 0 unspecified atom stereocenters. The Morgan fingerprint density at radius 3 is 2.53 bits per heavy atom. The Labute approximate surface area is 114 Å². The Balaban J connectivity index is 2.39. The van der Waals surface area contributed by atoms with Crippen LogP contribution in [-0.4, -0.2) is 29.1 Å². The first kappa shape index (κ1) is 14.6. The van der Waals surface area contributed by atoms with Gasteiger partial charge in [0, 0.05) is 22.3 Å². The number of aliphatic hydroxyl groups is 1. The van der Waals surface area contributed by atoms with Crippen molar-refractivity contribution < 1.29 is 9.90 Å². The predicted octanol–water partition coefficient (Wildman–Crippen LogP) is 3.05. The van der Waals surface area contributed by atoms with E-state index in [0.29, 0.717) is 27.9 Å². The highest BCUT2D eigenvalue weighted by atomic mass is 35.5. The minimum Gasteiger partial charge on any atom is -0.396 e. The molecular weight excluding hydrogens is 281 g/mol. The zero-order chi connectivity index (χ0) is 12.7. The van der Waals surface area contributed by atoms with E-state index in [0.717, 1.165) is 5.75 Å². The van der Waals surface area contributed by atoms with Crippen LogP contribution in [0, 0.1) is 0 Å². The predicted molar refractivity (Wildman–Crippen MR) is 74.1 cm³/mol. The molecule has 0 fully saturated rings. The van der Waals surface area contributed by atoms with Gasteiger partial charge in [0.05, 0.1) is 5.75 Å². The molecule has 2 N–H and O–H groups in total. The van der Waals surface area contributed by atoms with E-state index in [-0.39, 0.29) is 12.5 Å². The number of amides is 1. The average molecular weight is 294 g/mol. The number of thioether (sulfide) groups is 1. The fraction of sp³-hybridized carbons (Fsp3) is 0.364. The van der Waals surface area contributed by atoms with Crippen molar-refractivity contribution >= 4 is 46.6 Å². The van der Waals surface area contributed by atoms with E-state index in [2.05, 4.69) is 5.32 Å². The van der Waals surface area contributed by atoms with Gasteiger partial charge in [-0.2, -0.15) is 11.8 Å². The van der Waals surface area contributed by atoms with Crippen molar-refractivity contribution in [2.75, 3.05) is 23.4 Å². The molecule has 0 radical (unpaired) electrons. The van der Waals surface area contributed by atoms with Gasteiger partial charge in [0.25, 0.3) is 0 Å². The first-order chi connectivity index (χ1) is 8.11. The summed E-state index contributed by atoms with van der Waals surface area (Å²) in [5, 5.41) is 12.3. The fourth-order valence-electron chi connectivity index (χ4n) is 1.15. The Morgan fingerprint density at radius 1 is 1.29 bits per heavy atom. The number of aliphatic hydroxyl groups excluding tert-OH is 1. The Hall–Kier alpha value is -0.420. The van der Waals surface area contributed by atoms with Gasteiger partial charge in [-0.3, -0.25) is 4.79 Å². The van der Waals surface area contributed by atoms with Crippen LogP contribution in [0.25, 0.3) is 0 Å². The third-order valence-electron chi connectivity index (χ3n) is 1.83. The maximum Gasteiger partial charge on any atom is 0.234 e. The van der Waals surface area contributed by atoms with Crippen LogP contribution in [0.15, 0.2) is 18.2 Å². The summed E-state index contributed by atoms with van der Waals surface area (Å²) in [5.74, 6) is 1.01. The molecule has 0 aliphatic rings. The molecule has 0 saturated heterocycles. The van der Waals surface area contributed by atoms with Crippen LogP contribution in [0.5, 0.6) is 0 Å². The van der Waals surface area contributed by atoms with Gasteiger partial charge in [0.15, 0.2) is 0 Å². The van der Waals surface area contributed by atoms with Gasteiger partial charge in [0.2, 0.25) is 5.91 Å². The van der Waals surface area contributed by atoms with E-state index < -0.39 is 0 Å². The molecule has 1 rings (SSSR count). The van der Waals surface area contributed by atoms with Crippen LogP contribution in [0.4, 0.5) is 5.69 Å². The number of anilines is 1. The van der Waals surface area contributed by atoms with Crippen molar-refractivity contribution in [1.82, 2.24) is 0 Å². The van der Waals surface area contributed by atoms with Crippen LogP contribution in [-0.2, 0) is 4.79 Å². The normalized spacial score (nSPS) is 10.3. The molecule has 17 heavy (non-hydrogen) atoms. The molecular formula is C11H13Cl2NO2S. The van der Waals surface area contributed by atoms with Gasteiger partial charge in [-0.05, 0) is 30.4 Å². The van der Waals surface area contributed by atoms with Crippen molar-refractivity contribution in [2.45, 2.75) is 6.42 Å². The topological polar surface area (TPSA) is 49.3 Å². The third kappa shape index (κ3) is 6.17. The molecule has 1 aromatic carbocycles. The monoisotopic (exact) mass is 293 g/mol. The van der Waals surface area contributed by atoms with E-state index in [4.69, 9.17) is 28.3 Å². The van der Waals surface area contributed by atoms with Gasteiger partial charge >= 0.3 is 0 Å². The van der Waals surface area contributed by atoms with E-state index >= 15 is 0 Å². The number of carbonyl (C=O) groups excluding carboxylic acids is 1. The minimum atomic E-state index is -0.105. The maximum atomic E-state index is 11.5. The van der Waals surface area contributed by atoms with E-state index in [9.17, 15) is 4.79 Å². The number of halogens is 2. The Bertz CT molecular complexity index is 367. The number of nitrogens with one attached hydrogen (secondary N) is 1. The molecule has 6 heteroatoms. The minimum absolute atomic E-state index is 0.105. The quantitative estimate of drug-likeness (QED) is 0.793. The van der Waals surface area contributed by atoms with Gasteiger partial charge in [-0.25, -0.2) is 0 Å². The number of benzene rings is 1. The molecule has 0 bridgehead atoms. The van der Waals surface area contributed by atoms with Crippen molar-refractivity contribution in [3.05, 3.63) is 28.2 Å². The smallest absolute Gasteiger partial charge is 0.234 e. The molecule has 3 nitrogen and oxygen atoms in total. The summed E-state index contributed by atoms with van der Waals surface area (Å²) in [6.07, 6.45) is 0.695. The van der Waals surface area contributed by atoms with Crippen LogP contribution in [0.3, 0.4) is 0 Å². The largest absolute Gasteiger partial charge is 0.396 e. The Kier molecular flexibility index (Phi) is 6.73. The molecule has 0 aliphatic heterocycles. The van der Waals surface area contributed by atoms with Crippen LogP contribution < -0.4 is 5.32 Å². The SMILES string of the molecule is O=C(CSCCCO)Nc1cc(Cl)cc(Cl)c1. The van der Waals surface area contributed by atoms with E-state index in [1.54, 1.807) is 18.2 Å². The highest BCUT2D eigenvalue weighted by Crippen LogP contribution is 2.22. The number of hydrogen-bond acceptors (Lipinski definition) is 3. The Morgan fingerprint density at radius 2 is 1.94 bits per heavy atom. The molecule has 0 heterocycles. The standard InChI is InChI=1S/C11H13Cl2NO2S/c12-8-4-9(13)6-10(5-8)14-11(16)7-17-3-1-2-15/h4-6,15H,1-3,7H2,(H,14,16). The summed E-state index contributed by atoms with van der Waals surface area (Å²) in [6, 6.07) is 4.89. The first-order valence-electron chi connectivity index (χ1n) is 5.06. The summed E-state index contributed by atoms with van der Waals surface area (Å²) in [7, 11) is 0. The van der Waals surface area contributed by atoms with E-state index in [1.165, 1.54) is 11.8 Å². The summed E-state index contributed by atoms with van der Waals surface area (Å²) in [5.41, 5.74) is 0.593. The van der Waals surface area contributed by atoms with Gasteiger partial charge < -0.3 is 10.4 Å². The van der Waals surface area contributed by atoms with Crippen molar-refractivity contribution in [1.29, 1.82) is 0 Å². The van der Waals surface area contributed by atoms with Gasteiger partial charge in [-0.1, -0.05) is 23.2 Å². The second-order valence-electron chi connectivity index (χ2n) is 3.34. The van der Waals surface area contributed by atoms with Crippen molar-refractivity contribution in [3.63, 3.8) is 0 Å². The van der Waals surface area contributed by atoms with Gasteiger partial charge in [0.1, 0.15) is 0 Å². The molecule has 0 atom stereocenters. The third-order valence-corrected chi connectivity index (χ3v) is 3.31. The van der Waals surface area contributed by atoms with Crippen molar-refractivity contribution in [2.24, 2.45) is 0 Å². The van der Waals surface area contributed by atoms with Gasteiger partial charge in [-0.15, -0.1) is 0 Å². The maximum absolute atomic E-state index is 11.5. The molecule has 1 aromatic rings. The number of rotatable bonds is 6. The first-order valence-corrected chi connectivity index (χ1v) is 6.97. The highest BCUT2D eigenvalue weighted by molar-refractivity contribution is 7.99. The lowest BCUT2D eigenvalue weighted by Crippen LogP contribution is -2.14. The van der Waals surface area contributed by atoms with Crippen molar-refractivity contribution in [3.8, 4) is 0 Å². The second kappa shape index (κ2) is 7.82. The summed E-state index contributed by atoms with van der Waals surface area (Å²) < 4.78 is 0.